The van der Waals surface area contributed by atoms with Crippen molar-refractivity contribution >= 4 is 21.7 Å². The van der Waals surface area contributed by atoms with Crippen molar-refractivity contribution < 1.29 is 18.0 Å². The summed E-state index contributed by atoms with van der Waals surface area (Å²) in [5.74, 6) is -0.170. The van der Waals surface area contributed by atoms with Crippen LogP contribution in [-0.2, 0) is 16.3 Å². The minimum absolute atomic E-state index is 0.0204. The SMILES string of the molecule is CCc1ccc(C(=O)N2CCN(C(=O)c3ccc(S(=O)(=O)C(C)C)cc3)CC2)cc1. The summed E-state index contributed by atoms with van der Waals surface area (Å²) in [6.45, 7) is 7.18. The number of aryl methyl sites for hydroxylation is 1. The summed E-state index contributed by atoms with van der Waals surface area (Å²) in [7, 11) is -3.36. The maximum absolute atomic E-state index is 12.8. The number of benzene rings is 2. The maximum atomic E-state index is 12.8. The van der Waals surface area contributed by atoms with E-state index >= 15 is 0 Å². The predicted octanol–water partition coefficient (Wildman–Crippen LogP) is 3.03. The second kappa shape index (κ2) is 9.00. The fraction of sp³-hybridized carbons (Fsp3) is 0.391. The molecule has 0 saturated carbocycles. The smallest absolute Gasteiger partial charge is 0.253 e. The Morgan fingerprint density at radius 3 is 1.57 bits per heavy atom. The summed E-state index contributed by atoms with van der Waals surface area (Å²) in [5, 5.41) is -0.511. The first-order chi connectivity index (χ1) is 14.2. The Labute approximate surface area is 178 Å². The first kappa shape index (κ1) is 22.0. The lowest BCUT2D eigenvalue weighted by Crippen LogP contribution is -2.50. The lowest BCUT2D eigenvalue weighted by Gasteiger charge is -2.35. The zero-order valence-electron chi connectivity index (χ0n) is 17.7. The number of sulfone groups is 1. The topological polar surface area (TPSA) is 74.8 Å². The largest absolute Gasteiger partial charge is 0.335 e. The second-order valence-electron chi connectivity index (χ2n) is 7.75. The van der Waals surface area contributed by atoms with Crippen LogP contribution in [0.25, 0.3) is 0 Å². The van der Waals surface area contributed by atoms with Crippen molar-refractivity contribution in [3.05, 3.63) is 65.2 Å². The molecule has 0 bridgehead atoms. The molecule has 1 heterocycles. The first-order valence-electron chi connectivity index (χ1n) is 10.3. The molecule has 3 rings (SSSR count). The third-order valence-electron chi connectivity index (χ3n) is 5.51. The van der Waals surface area contributed by atoms with Crippen molar-refractivity contribution in [2.75, 3.05) is 26.2 Å². The Hall–Kier alpha value is -2.67. The number of carbonyl (C=O) groups excluding carboxylic acids is 2. The molecule has 2 aromatic rings. The molecule has 0 N–H and O–H groups in total. The van der Waals surface area contributed by atoms with E-state index in [0.29, 0.717) is 37.3 Å². The molecule has 0 unspecified atom stereocenters. The monoisotopic (exact) mass is 428 g/mol. The Bertz CT molecular complexity index is 1000. The minimum atomic E-state index is -3.36. The van der Waals surface area contributed by atoms with Crippen LogP contribution in [0.2, 0.25) is 0 Å². The van der Waals surface area contributed by atoms with E-state index in [0.717, 1.165) is 6.42 Å². The summed E-state index contributed by atoms with van der Waals surface area (Å²) in [5.41, 5.74) is 2.30. The van der Waals surface area contributed by atoms with Gasteiger partial charge in [0, 0.05) is 37.3 Å². The number of amides is 2. The highest BCUT2D eigenvalue weighted by atomic mass is 32.2. The van der Waals surface area contributed by atoms with E-state index in [1.54, 1.807) is 35.8 Å². The average molecular weight is 429 g/mol. The van der Waals surface area contributed by atoms with Crippen LogP contribution < -0.4 is 0 Å². The molecule has 0 radical (unpaired) electrons. The molecule has 2 amide bonds. The highest BCUT2D eigenvalue weighted by molar-refractivity contribution is 7.92. The van der Waals surface area contributed by atoms with Crippen molar-refractivity contribution in [3.8, 4) is 0 Å². The van der Waals surface area contributed by atoms with Crippen molar-refractivity contribution in [3.63, 3.8) is 0 Å². The van der Waals surface area contributed by atoms with Crippen LogP contribution in [0.4, 0.5) is 0 Å². The maximum Gasteiger partial charge on any atom is 0.253 e. The lowest BCUT2D eigenvalue weighted by atomic mass is 10.1. The fourth-order valence-corrected chi connectivity index (χ4v) is 4.48. The Morgan fingerprint density at radius 2 is 1.20 bits per heavy atom. The van der Waals surface area contributed by atoms with E-state index < -0.39 is 15.1 Å². The van der Waals surface area contributed by atoms with Gasteiger partial charge in [-0.3, -0.25) is 9.59 Å². The molecule has 7 heteroatoms. The highest BCUT2D eigenvalue weighted by Crippen LogP contribution is 2.18. The van der Waals surface area contributed by atoms with Gasteiger partial charge in [0.1, 0.15) is 0 Å². The molecular formula is C23H28N2O4S. The molecule has 0 atom stereocenters. The van der Waals surface area contributed by atoms with Crippen LogP contribution in [-0.4, -0.2) is 61.5 Å². The van der Waals surface area contributed by atoms with Gasteiger partial charge in [-0.2, -0.15) is 0 Å². The van der Waals surface area contributed by atoms with Crippen molar-refractivity contribution in [1.29, 1.82) is 0 Å². The van der Waals surface area contributed by atoms with Crippen LogP contribution in [0.15, 0.2) is 53.4 Å². The molecule has 1 aliphatic heterocycles. The molecule has 1 aliphatic rings. The van der Waals surface area contributed by atoms with Gasteiger partial charge in [-0.25, -0.2) is 8.42 Å². The van der Waals surface area contributed by atoms with Gasteiger partial charge in [-0.1, -0.05) is 19.1 Å². The molecule has 1 saturated heterocycles. The average Bonchev–Trinajstić information content (AvgIpc) is 2.78. The quantitative estimate of drug-likeness (QED) is 0.734. The molecule has 30 heavy (non-hydrogen) atoms. The number of nitrogens with zero attached hydrogens (tertiary/aromatic N) is 2. The third kappa shape index (κ3) is 4.56. The number of hydrogen-bond donors (Lipinski definition) is 0. The van der Waals surface area contributed by atoms with Gasteiger partial charge in [-0.15, -0.1) is 0 Å². The van der Waals surface area contributed by atoms with E-state index in [9.17, 15) is 18.0 Å². The minimum Gasteiger partial charge on any atom is -0.335 e. The van der Waals surface area contributed by atoms with Gasteiger partial charge in [0.2, 0.25) is 0 Å². The summed E-state index contributed by atoms with van der Waals surface area (Å²) in [4.78, 5) is 29.2. The molecule has 6 nitrogen and oxygen atoms in total. The van der Waals surface area contributed by atoms with Crippen LogP contribution in [0, 0.1) is 0 Å². The Morgan fingerprint density at radius 1 is 0.800 bits per heavy atom. The molecule has 2 aromatic carbocycles. The molecule has 0 spiro atoms. The molecular weight excluding hydrogens is 400 g/mol. The number of carbonyl (C=O) groups is 2. The molecule has 160 valence electrons. The third-order valence-corrected chi connectivity index (χ3v) is 7.68. The number of piperazine rings is 1. The van der Waals surface area contributed by atoms with Crippen LogP contribution in [0.1, 0.15) is 47.1 Å². The Kier molecular flexibility index (Phi) is 6.61. The number of rotatable bonds is 5. The fourth-order valence-electron chi connectivity index (χ4n) is 3.42. The van der Waals surface area contributed by atoms with Crippen LogP contribution >= 0.6 is 0 Å². The van der Waals surface area contributed by atoms with Gasteiger partial charge in [-0.05, 0) is 62.2 Å². The zero-order chi connectivity index (χ0) is 21.9. The van der Waals surface area contributed by atoms with E-state index in [2.05, 4.69) is 6.92 Å². The van der Waals surface area contributed by atoms with Gasteiger partial charge in [0.15, 0.2) is 9.84 Å². The summed E-state index contributed by atoms with van der Waals surface area (Å²) in [6.07, 6.45) is 0.930. The zero-order valence-corrected chi connectivity index (χ0v) is 18.5. The summed E-state index contributed by atoms with van der Waals surface area (Å²) < 4.78 is 24.5. The van der Waals surface area contributed by atoms with Crippen molar-refractivity contribution in [2.45, 2.75) is 37.3 Å². The van der Waals surface area contributed by atoms with E-state index in [-0.39, 0.29) is 16.7 Å². The van der Waals surface area contributed by atoms with Gasteiger partial charge >= 0.3 is 0 Å². The van der Waals surface area contributed by atoms with Crippen LogP contribution in [0.5, 0.6) is 0 Å². The second-order valence-corrected chi connectivity index (χ2v) is 10.3. The standard InChI is InChI=1S/C23H28N2O4S/c1-4-18-5-7-19(8-6-18)22(26)24-13-15-25(16-14-24)23(27)20-9-11-21(12-10-20)30(28,29)17(2)3/h5-12,17H,4,13-16H2,1-3H3. The highest BCUT2D eigenvalue weighted by Gasteiger charge is 2.26. The van der Waals surface area contributed by atoms with Gasteiger partial charge in [0.05, 0.1) is 10.1 Å². The predicted molar refractivity (Wildman–Crippen MR) is 116 cm³/mol. The van der Waals surface area contributed by atoms with E-state index in [1.807, 2.05) is 24.3 Å². The van der Waals surface area contributed by atoms with Crippen molar-refractivity contribution in [2.24, 2.45) is 0 Å². The first-order valence-corrected chi connectivity index (χ1v) is 11.8. The van der Waals surface area contributed by atoms with E-state index in [4.69, 9.17) is 0 Å². The number of hydrogen-bond acceptors (Lipinski definition) is 4. The van der Waals surface area contributed by atoms with Crippen molar-refractivity contribution in [1.82, 2.24) is 9.80 Å². The van der Waals surface area contributed by atoms with E-state index in [1.165, 1.54) is 17.7 Å². The summed E-state index contributed by atoms with van der Waals surface area (Å²) >= 11 is 0. The molecule has 0 aromatic heterocycles. The molecule has 1 fully saturated rings. The molecule has 0 aliphatic carbocycles. The van der Waals surface area contributed by atoms with Crippen LogP contribution in [0.3, 0.4) is 0 Å². The van der Waals surface area contributed by atoms with Gasteiger partial charge < -0.3 is 9.80 Å². The Balaban J connectivity index is 1.61. The normalized spacial score (nSPS) is 14.8. The lowest BCUT2D eigenvalue weighted by molar-refractivity contribution is 0.0535. The van der Waals surface area contributed by atoms with Gasteiger partial charge in [0.25, 0.3) is 11.8 Å². The summed E-state index contributed by atoms with van der Waals surface area (Å²) in [6, 6.07) is 13.7.